The molecule has 1 amide bonds. The second-order valence-electron chi connectivity index (χ2n) is 7.41. The van der Waals surface area contributed by atoms with E-state index in [-0.39, 0.29) is 12.5 Å². The molecule has 2 aromatic heterocycles. The van der Waals surface area contributed by atoms with Crippen LogP contribution in [-0.4, -0.2) is 23.6 Å². The van der Waals surface area contributed by atoms with Crippen LogP contribution in [0.15, 0.2) is 41.8 Å². The Morgan fingerprint density at radius 3 is 2.83 bits per heavy atom. The van der Waals surface area contributed by atoms with Gasteiger partial charge in [0, 0.05) is 22.8 Å². The van der Waals surface area contributed by atoms with Gasteiger partial charge in [-0.15, -0.1) is 11.3 Å². The summed E-state index contributed by atoms with van der Waals surface area (Å²) in [4.78, 5) is 16.3. The lowest BCUT2D eigenvalue weighted by Crippen LogP contribution is -2.37. The van der Waals surface area contributed by atoms with Crippen LogP contribution in [0.25, 0.3) is 0 Å². The summed E-state index contributed by atoms with van der Waals surface area (Å²) >= 11 is 1.67. The van der Waals surface area contributed by atoms with E-state index in [1.165, 1.54) is 10.4 Å². The summed E-state index contributed by atoms with van der Waals surface area (Å²) in [5, 5.41) is 14.8. The summed E-state index contributed by atoms with van der Waals surface area (Å²) in [6.45, 7) is 5.73. The van der Waals surface area contributed by atoms with Crippen molar-refractivity contribution < 1.29 is 4.79 Å². The quantitative estimate of drug-likeness (QED) is 0.682. The molecule has 0 spiro atoms. The van der Waals surface area contributed by atoms with Crippen LogP contribution in [0.3, 0.4) is 0 Å². The number of hydrogen-bond acceptors (Lipinski definition) is 4. The number of nitriles is 1. The standard InChI is InChI=1S/C23H24N4OS/c1-16-17(2)27(14-19-9-6-12-29-19)23(20(16)13-24)25-22(28)15-26-11-5-8-18-7-3-4-10-21(18)26/h3-4,6-7,9-10,12H,5,8,11,14-15H2,1-2H3,(H,25,28). The SMILES string of the molecule is Cc1c(C#N)c(NC(=O)CN2CCCc3ccccc32)n(Cc2cccs2)c1C. The number of nitrogens with zero attached hydrogens (tertiary/aromatic N) is 3. The van der Waals surface area contributed by atoms with Gasteiger partial charge in [-0.05, 0) is 55.3 Å². The number of aromatic nitrogens is 1. The Labute approximate surface area is 175 Å². The van der Waals surface area contributed by atoms with Crippen LogP contribution in [0.5, 0.6) is 0 Å². The van der Waals surface area contributed by atoms with E-state index in [0.717, 1.165) is 36.3 Å². The van der Waals surface area contributed by atoms with E-state index in [2.05, 4.69) is 34.5 Å². The van der Waals surface area contributed by atoms with E-state index in [4.69, 9.17) is 0 Å². The van der Waals surface area contributed by atoms with Crippen LogP contribution in [0.4, 0.5) is 11.5 Å². The van der Waals surface area contributed by atoms with Gasteiger partial charge in [-0.3, -0.25) is 4.79 Å². The monoisotopic (exact) mass is 404 g/mol. The van der Waals surface area contributed by atoms with Crippen LogP contribution in [0, 0.1) is 25.2 Å². The molecule has 1 aliphatic rings. The summed E-state index contributed by atoms with van der Waals surface area (Å²) in [6, 6.07) is 14.6. The predicted octanol–water partition coefficient (Wildman–Crippen LogP) is 4.48. The molecule has 1 aromatic carbocycles. The fraction of sp³-hybridized carbons (Fsp3) is 0.304. The molecule has 5 nitrogen and oxygen atoms in total. The van der Waals surface area contributed by atoms with E-state index >= 15 is 0 Å². The van der Waals surface area contributed by atoms with Gasteiger partial charge in [0.2, 0.25) is 5.91 Å². The fourth-order valence-electron chi connectivity index (χ4n) is 4.01. The third-order valence-corrected chi connectivity index (χ3v) is 6.50. The second kappa shape index (κ2) is 8.14. The average molecular weight is 405 g/mol. The van der Waals surface area contributed by atoms with Crippen molar-refractivity contribution >= 4 is 28.7 Å². The van der Waals surface area contributed by atoms with Crippen molar-refractivity contribution in [3.63, 3.8) is 0 Å². The van der Waals surface area contributed by atoms with E-state index in [9.17, 15) is 10.1 Å². The molecule has 0 radical (unpaired) electrons. The van der Waals surface area contributed by atoms with Crippen molar-refractivity contribution in [3.8, 4) is 6.07 Å². The number of aryl methyl sites for hydroxylation is 1. The number of rotatable bonds is 5. The van der Waals surface area contributed by atoms with Crippen molar-refractivity contribution in [3.05, 3.63) is 69.0 Å². The number of carbonyl (C=O) groups excluding carboxylic acids is 1. The normalized spacial score (nSPS) is 13.1. The molecule has 0 fully saturated rings. The highest BCUT2D eigenvalue weighted by molar-refractivity contribution is 7.09. The maximum Gasteiger partial charge on any atom is 0.245 e. The van der Waals surface area contributed by atoms with Crippen molar-refractivity contribution in [2.45, 2.75) is 33.2 Å². The molecule has 0 saturated heterocycles. The van der Waals surface area contributed by atoms with Crippen LogP contribution in [0.1, 0.15) is 33.7 Å². The van der Waals surface area contributed by atoms with Crippen LogP contribution < -0.4 is 10.2 Å². The summed E-state index contributed by atoms with van der Waals surface area (Å²) < 4.78 is 2.04. The van der Waals surface area contributed by atoms with Crippen LogP contribution >= 0.6 is 11.3 Å². The highest BCUT2D eigenvalue weighted by Crippen LogP contribution is 2.29. The Hall–Kier alpha value is -3.04. The van der Waals surface area contributed by atoms with E-state index in [0.29, 0.717) is 17.9 Å². The highest BCUT2D eigenvalue weighted by Gasteiger charge is 2.23. The average Bonchev–Trinajstić information content (AvgIpc) is 3.31. The lowest BCUT2D eigenvalue weighted by atomic mass is 10.0. The molecule has 6 heteroatoms. The largest absolute Gasteiger partial charge is 0.362 e. The van der Waals surface area contributed by atoms with Crippen molar-refractivity contribution in [2.75, 3.05) is 23.3 Å². The molecule has 4 rings (SSSR count). The first kappa shape index (κ1) is 19.3. The van der Waals surface area contributed by atoms with Crippen LogP contribution in [0.2, 0.25) is 0 Å². The van der Waals surface area contributed by atoms with Crippen molar-refractivity contribution in [2.24, 2.45) is 0 Å². The third-order valence-electron chi connectivity index (χ3n) is 5.63. The first-order valence-electron chi connectivity index (χ1n) is 9.83. The number of fused-ring (bicyclic) bond motifs is 1. The summed E-state index contributed by atoms with van der Waals surface area (Å²) in [5.41, 5.74) is 4.90. The zero-order valence-corrected chi connectivity index (χ0v) is 17.6. The maximum absolute atomic E-state index is 13.0. The predicted molar refractivity (Wildman–Crippen MR) is 118 cm³/mol. The molecule has 0 unspecified atom stereocenters. The zero-order chi connectivity index (χ0) is 20.4. The Kier molecular flexibility index (Phi) is 5.41. The first-order chi connectivity index (χ1) is 14.1. The number of nitrogens with one attached hydrogen (secondary N) is 1. The van der Waals surface area contributed by atoms with E-state index in [1.807, 2.05) is 42.0 Å². The molecule has 0 atom stereocenters. The maximum atomic E-state index is 13.0. The molecule has 148 valence electrons. The number of para-hydroxylation sites is 1. The minimum Gasteiger partial charge on any atom is -0.362 e. The number of benzene rings is 1. The molecular weight excluding hydrogens is 380 g/mol. The molecule has 0 saturated carbocycles. The lowest BCUT2D eigenvalue weighted by Gasteiger charge is -2.30. The van der Waals surface area contributed by atoms with Gasteiger partial charge in [-0.25, -0.2) is 0 Å². The molecule has 0 aliphatic carbocycles. The van der Waals surface area contributed by atoms with Crippen molar-refractivity contribution in [1.82, 2.24) is 4.57 Å². The third kappa shape index (κ3) is 3.79. The van der Waals surface area contributed by atoms with Gasteiger partial charge in [0.1, 0.15) is 11.9 Å². The molecule has 1 aliphatic heterocycles. The summed E-state index contributed by atoms with van der Waals surface area (Å²) in [5.74, 6) is 0.509. The number of amides is 1. The lowest BCUT2D eigenvalue weighted by molar-refractivity contribution is -0.115. The zero-order valence-electron chi connectivity index (χ0n) is 16.7. The van der Waals surface area contributed by atoms with E-state index in [1.54, 1.807) is 11.3 Å². The minimum absolute atomic E-state index is 0.0943. The van der Waals surface area contributed by atoms with Gasteiger partial charge in [-0.1, -0.05) is 24.3 Å². The van der Waals surface area contributed by atoms with Gasteiger partial charge in [0.15, 0.2) is 0 Å². The Morgan fingerprint density at radius 2 is 2.07 bits per heavy atom. The molecule has 1 N–H and O–H groups in total. The number of thiophene rings is 1. The Bertz CT molecular complexity index is 1080. The topological polar surface area (TPSA) is 61.1 Å². The van der Waals surface area contributed by atoms with Gasteiger partial charge in [0.05, 0.1) is 18.7 Å². The summed E-state index contributed by atoms with van der Waals surface area (Å²) in [6.07, 6.45) is 2.09. The number of hydrogen-bond donors (Lipinski definition) is 1. The molecular formula is C23H24N4OS. The molecule has 3 aromatic rings. The smallest absolute Gasteiger partial charge is 0.245 e. The van der Waals surface area contributed by atoms with Crippen molar-refractivity contribution in [1.29, 1.82) is 5.26 Å². The molecule has 0 bridgehead atoms. The van der Waals surface area contributed by atoms with Gasteiger partial charge < -0.3 is 14.8 Å². The molecule has 29 heavy (non-hydrogen) atoms. The molecule has 3 heterocycles. The first-order valence-corrected chi connectivity index (χ1v) is 10.7. The second-order valence-corrected chi connectivity index (χ2v) is 8.45. The number of carbonyl (C=O) groups is 1. The Balaban J connectivity index is 1.58. The van der Waals surface area contributed by atoms with Gasteiger partial charge in [-0.2, -0.15) is 5.26 Å². The highest BCUT2D eigenvalue weighted by atomic mass is 32.1. The van der Waals surface area contributed by atoms with Crippen LogP contribution in [-0.2, 0) is 17.8 Å². The minimum atomic E-state index is -0.0943. The summed E-state index contributed by atoms with van der Waals surface area (Å²) in [7, 11) is 0. The van der Waals surface area contributed by atoms with E-state index < -0.39 is 0 Å². The van der Waals surface area contributed by atoms with Gasteiger partial charge in [0.25, 0.3) is 0 Å². The Morgan fingerprint density at radius 1 is 1.24 bits per heavy atom. The fourth-order valence-corrected chi connectivity index (χ4v) is 4.70. The van der Waals surface area contributed by atoms with Gasteiger partial charge >= 0.3 is 0 Å². The number of anilines is 2.